The topological polar surface area (TPSA) is 69.4 Å². The van der Waals surface area contributed by atoms with E-state index in [1.807, 2.05) is 0 Å². The van der Waals surface area contributed by atoms with Gasteiger partial charge in [0.15, 0.2) is 0 Å². The predicted octanol–water partition coefficient (Wildman–Crippen LogP) is 1.12. The third-order valence-corrected chi connectivity index (χ3v) is 1.08. The van der Waals surface area contributed by atoms with Gasteiger partial charge in [0, 0.05) is 6.08 Å². The minimum atomic E-state index is -0.871. The van der Waals surface area contributed by atoms with Crippen molar-refractivity contribution in [2.24, 2.45) is 0 Å². The van der Waals surface area contributed by atoms with Gasteiger partial charge in [-0.15, -0.1) is 0 Å². The second kappa shape index (κ2) is 5.29. The van der Waals surface area contributed by atoms with Crippen LogP contribution in [-0.2, 0) is 9.53 Å². The second-order valence-corrected chi connectivity index (χ2v) is 1.98. The molecule has 0 aromatic carbocycles. The van der Waals surface area contributed by atoms with Gasteiger partial charge in [-0.2, -0.15) is 0 Å². The summed E-state index contributed by atoms with van der Waals surface area (Å²) in [6.07, 6.45) is 1.67. The van der Waals surface area contributed by atoms with Gasteiger partial charge in [0.25, 0.3) is 0 Å². The smallest absolute Gasteiger partial charge is 0.409 e. The molecular weight excluding hydrogens is 162 g/mol. The van der Waals surface area contributed by atoms with Gasteiger partial charge >= 0.3 is 11.7 Å². The van der Waals surface area contributed by atoms with E-state index in [0.29, 0.717) is 6.42 Å². The van der Waals surface area contributed by atoms with E-state index in [2.05, 4.69) is 4.74 Å². The Balaban J connectivity index is 4.41. The van der Waals surface area contributed by atoms with Crippen LogP contribution in [0.25, 0.3) is 0 Å². The van der Waals surface area contributed by atoms with Crippen LogP contribution in [0.15, 0.2) is 11.8 Å². The summed E-state index contributed by atoms with van der Waals surface area (Å²) in [7, 11) is 0. The molecule has 0 fully saturated rings. The van der Waals surface area contributed by atoms with Crippen LogP contribution < -0.4 is 0 Å². The monoisotopic (exact) mass is 173 g/mol. The highest BCUT2D eigenvalue weighted by molar-refractivity contribution is 5.85. The first-order valence-corrected chi connectivity index (χ1v) is 3.65. The number of carbonyl (C=O) groups is 1. The molecule has 0 N–H and O–H groups in total. The molecule has 0 amide bonds. The van der Waals surface area contributed by atoms with Crippen molar-refractivity contribution >= 4 is 5.97 Å². The highest BCUT2D eigenvalue weighted by Gasteiger charge is 2.21. The number of carbonyl (C=O) groups excluding carboxylic acids is 1. The summed E-state index contributed by atoms with van der Waals surface area (Å²) in [6.45, 7) is 3.46. The molecule has 0 spiro atoms. The molecule has 0 radical (unpaired) electrons. The predicted molar refractivity (Wildman–Crippen MR) is 42.0 cm³/mol. The van der Waals surface area contributed by atoms with Gasteiger partial charge < -0.3 is 4.74 Å². The van der Waals surface area contributed by atoms with E-state index in [9.17, 15) is 14.9 Å². The van der Waals surface area contributed by atoms with Crippen LogP contribution in [0.1, 0.15) is 20.3 Å². The molecule has 0 bridgehead atoms. The molecule has 0 aliphatic carbocycles. The average molecular weight is 173 g/mol. The molecule has 0 atom stereocenters. The largest absolute Gasteiger partial charge is 0.458 e. The van der Waals surface area contributed by atoms with Crippen LogP contribution in [0.2, 0.25) is 0 Å². The van der Waals surface area contributed by atoms with Crippen LogP contribution in [0.3, 0.4) is 0 Å². The highest BCUT2D eigenvalue weighted by Crippen LogP contribution is 2.00. The maximum absolute atomic E-state index is 10.8. The number of nitro groups is 1. The van der Waals surface area contributed by atoms with Crippen molar-refractivity contribution in [3.05, 3.63) is 21.9 Å². The van der Waals surface area contributed by atoms with E-state index in [0.717, 1.165) is 0 Å². The quantitative estimate of drug-likeness (QED) is 0.276. The Morgan fingerprint density at radius 2 is 2.17 bits per heavy atom. The Morgan fingerprint density at radius 1 is 1.58 bits per heavy atom. The summed E-state index contributed by atoms with van der Waals surface area (Å²) in [4.78, 5) is 20.3. The zero-order valence-corrected chi connectivity index (χ0v) is 7.07. The molecule has 0 saturated heterocycles. The van der Waals surface area contributed by atoms with Gasteiger partial charge in [-0.1, -0.05) is 6.92 Å². The van der Waals surface area contributed by atoms with Gasteiger partial charge in [0.1, 0.15) is 0 Å². The molecule has 12 heavy (non-hydrogen) atoms. The van der Waals surface area contributed by atoms with Crippen molar-refractivity contribution in [2.45, 2.75) is 20.3 Å². The van der Waals surface area contributed by atoms with Crippen LogP contribution in [0.5, 0.6) is 0 Å². The Morgan fingerprint density at radius 3 is 2.50 bits per heavy atom. The molecule has 5 heteroatoms. The summed E-state index contributed by atoms with van der Waals surface area (Å²) in [6, 6.07) is 0. The summed E-state index contributed by atoms with van der Waals surface area (Å²) in [5, 5.41) is 10.2. The first kappa shape index (κ1) is 10.6. The normalized spacial score (nSPS) is 11.0. The Labute approximate surface area is 70.2 Å². The standard InChI is InChI=1S/C7H11NO4/c1-3-5-6(8(10)11)7(9)12-4-2/h5H,3-4H2,1-2H3. The maximum Gasteiger partial charge on any atom is 0.409 e. The molecule has 0 aliphatic heterocycles. The molecular formula is C7H11NO4. The molecule has 0 heterocycles. The molecule has 0 unspecified atom stereocenters. The Bertz CT molecular complexity index is 209. The Hall–Kier alpha value is -1.39. The number of hydrogen-bond acceptors (Lipinski definition) is 4. The lowest BCUT2D eigenvalue weighted by Crippen LogP contribution is -2.14. The molecule has 0 saturated carbocycles. The van der Waals surface area contributed by atoms with Crippen LogP contribution in [-0.4, -0.2) is 17.5 Å². The number of nitrogens with zero attached hydrogens (tertiary/aromatic N) is 1. The summed E-state index contributed by atoms with van der Waals surface area (Å²) >= 11 is 0. The zero-order chi connectivity index (χ0) is 9.56. The fourth-order valence-corrected chi connectivity index (χ4v) is 0.631. The SMILES string of the molecule is CCC=C(C(=O)OCC)[N+](=O)[O-]. The van der Waals surface area contributed by atoms with Gasteiger partial charge in [-0.05, 0) is 13.3 Å². The summed E-state index contributed by atoms with van der Waals surface area (Å²) < 4.78 is 4.47. The van der Waals surface area contributed by atoms with E-state index in [1.165, 1.54) is 6.08 Å². The van der Waals surface area contributed by atoms with Gasteiger partial charge in [0.2, 0.25) is 0 Å². The van der Waals surface area contributed by atoms with E-state index in [-0.39, 0.29) is 6.61 Å². The van der Waals surface area contributed by atoms with Crippen molar-refractivity contribution in [2.75, 3.05) is 6.61 Å². The van der Waals surface area contributed by atoms with Gasteiger partial charge in [-0.3, -0.25) is 10.1 Å². The average Bonchev–Trinajstić information content (AvgIpc) is 1.99. The summed E-state index contributed by atoms with van der Waals surface area (Å²) in [5.74, 6) is -0.871. The van der Waals surface area contributed by atoms with Crippen molar-refractivity contribution in [3.8, 4) is 0 Å². The van der Waals surface area contributed by atoms with Gasteiger partial charge in [-0.25, -0.2) is 4.79 Å². The summed E-state index contributed by atoms with van der Waals surface area (Å²) in [5.41, 5.74) is -0.487. The van der Waals surface area contributed by atoms with Gasteiger partial charge in [0.05, 0.1) is 11.5 Å². The van der Waals surface area contributed by atoms with E-state index in [4.69, 9.17) is 0 Å². The molecule has 0 aromatic rings. The van der Waals surface area contributed by atoms with Crippen molar-refractivity contribution in [1.82, 2.24) is 0 Å². The maximum atomic E-state index is 10.8. The van der Waals surface area contributed by atoms with Crippen LogP contribution in [0, 0.1) is 10.1 Å². The lowest BCUT2D eigenvalue weighted by atomic mass is 10.3. The molecule has 0 aliphatic rings. The van der Waals surface area contributed by atoms with Crippen molar-refractivity contribution in [1.29, 1.82) is 0 Å². The lowest BCUT2D eigenvalue weighted by Gasteiger charge is -1.97. The first-order chi connectivity index (χ1) is 5.63. The highest BCUT2D eigenvalue weighted by atomic mass is 16.6. The molecule has 68 valence electrons. The minimum absolute atomic E-state index is 0.147. The zero-order valence-electron chi connectivity index (χ0n) is 7.07. The number of allylic oxidation sites excluding steroid dienone is 1. The third kappa shape index (κ3) is 3.14. The number of esters is 1. The van der Waals surface area contributed by atoms with E-state index < -0.39 is 16.6 Å². The molecule has 0 aromatic heterocycles. The van der Waals surface area contributed by atoms with Crippen LogP contribution in [0.4, 0.5) is 0 Å². The first-order valence-electron chi connectivity index (χ1n) is 3.65. The third-order valence-electron chi connectivity index (χ3n) is 1.08. The van der Waals surface area contributed by atoms with E-state index in [1.54, 1.807) is 13.8 Å². The fraction of sp³-hybridized carbons (Fsp3) is 0.571. The number of ether oxygens (including phenoxy) is 1. The lowest BCUT2D eigenvalue weighted by molar-refractivity contribution is -0.421. The molecule has 0 rings (SSSR count). The minimum Gasteiger partial charge on any atom is -0.458 e. The molecule has 5 nitrogen and oxygen atoms in total. The van der Waals surface area contributed by atoms with Crippen molar-refractivity contribution in [3.63, 3.8) is 0 Å². The number of hydrogen-bond donors (Lipinski definition) is 0. The van der Waals surface area contributed by atoms with E-state index >= 15 is 0 Å². The van der Waals surface area contributed by atoms with Crippen LogP contribution >= 0.6 is 0 Å². The van der Waals surface area contributed by atoms with Crippen molar-refractivity contribution < 1.29 is 14.5 Å². The Kier molecular flexibility index (Phi) is 4.67. The fourth-order valence-electron chi connectivity index (χ4n) is 0.631. The second-order valence-electron chi connectivity index (χ2n) is 1.98. The number of rotatable bonds is 4.